The first-order valence-corrected chi connectivity index (χ1v) is 16.4. The van der Waals surface area contributed by atoms with Gasteiger partial charge < -0.3 is 0 Å². The molecule has 1 aliphatic heterocycles. The molecule has 0 radical (unpaired) electrons. The van der Waals surface area contributed by atoms with Gasteiger partial charge in [0.25, 0.3) is 0 Å². The Balaban J connectivity index is 0.000000209. The number of hydrogen-bond donors (Lipinski definition) is 1. The molecule has 0 spiro atoms. The van der Waals surface area contributed by atoms with Gasteiger partial charge in [0.1, 0.15) is 0 Å². The van der Waals surface area contributed by atoms with E-state index in [0.717, 1.165) is 16.1 Å². The fraction of sp³-hybridized carbons (Fsp3) is 0.160. The zero-order valence-electron chi connectivity index (χ0n) is 20.6. The van der Waals surface area contributed by atoms with Crippen LogP contribution in [0.2, 0.25) is 0 Å². The van der Waals surface area contributed by atoms with Crippen molar-refractivity contribution < 1.29 is 40.7 Å². The number of fused-ring (bicyclic) bond motifs is 1. The standard InChI is InChI=1S/C9H7BrF3NO2.C8H8BrNO2.C8H7IO2/c1-6(15)14(16-9(11,12)13)8-5-3-2-4-7(8)10;1-6(11)10(12)8-5-3-2-4-7(8)9;1-9-7-5-3-2-4-6(7)8(10)11-9/h2-5H,1H3;2-5,12H,1H3;2-5H,1H3. The third kappa shape index (κ3) is 9.86. The first-order chi connectivity index (χ1) is 18.2. The third-order valence-electron chi connectivity index (χ3n) is 4.50. The van der Waals surface area contributed by atoms with E-state index < -0.39 is 38.4 Å². The predicted molar refractivity (Wildman–Crippen MR) is 154 cm³/mol. The van der Waals surface area contributed by atoms with Crippen LogP contribution in [-0.4, -0.2) is 34.3 Å². The van der Waals surface area contributed by atoms with Gasteiger partial charge in [-0.1, -0.05) is 24.3 Å². The van der Waals surface area contributed by atoms with Crippen LogP contribution in [0.15, 0.2) is 81.7 Å². The zero-order valence-corrected chi connectivity index (χ0v) is 25.9. The first kappa shape index (κ1) is 32.7. The van der Waals surface area contributed by atoms with E-state index in [1.54, 1.807) is 24.3 Å². The summed E-state index contributed by atoms with van der Waals surface area (Å²) < 4.78 is 43.5. The molecule has 0 fully saturated rings. The fourth-order valence-electron chi connectivity index (χ4n) is 2.84. The molecule has 1 aliphatic rings. The molecule has 3 aromatic rings. The summed E-state index contributed by atoms with van der Waals surface area (Å²) in [5.41, 5.74) is 1.22. The predicted octanol–water partition coefficient (Wildman–Crippen LogP) is 7.52. The minimum absolute atomic E-state index is 0.00711. The number of halogens is 6. The van der Waals surface area contributed by atoms with Crippen LogP contribution < -0.4 is 10.1 Å². The van der Waals surface area contributed by atoms with Gasteiger partial charge in [0.2, 0.25) is 11.8 Å². The Morgan fingerprint density at radius 2 is 1.36 bits per heavy atom. The van der Waals surface area contributed by atoms with Gasteiger partial charge in [-0.05, 0) is 56.1 Å². The number of benzene rings is 3. The molecule has 0 aliphatic carbocycles. The number of carbonyl (C=O) groups excluding carboxylic acids is 3. The fourth-order valence-corrected chi connectivity index (χ4v) is 6.75. The minimum atomic E-state index is -4.92. The Bertz CT molecular complexity index is 1330. The van der Waals surface area contributed by atoms with Crippen molar-refractivity contribution in [2.75, 3.05) is 15.1 Å². The number of carbonyl (C=O) groups is 3. The number of nitrogens with zero attached hydrogens (tertiary/aromatic N) is 2. The number of para-hydroxylation sites is 2. The summed E-state index contributed by atoms with van der Waals surface area (Å²) in [7, 11) is 0. The Labute approximate surface area is 246 Å². The van der Waals surface area contributed by atoms with Crippen molar-refractivity contribution in [2.24, 2.45) is 0 Å². The average molecular weight is 790 g/mol. The molecule has 39 heavy (non-hydrogen) atoms. The van der Waals surface area contributed by atoms with Gasteiger partial charge in [0, 0.05) is 22.8 Å². The molecule has 0 saturated heterocycles. The van der Waals surface area contributed by atoms with Crippen molar-refractivity contribution >= 4 is 81.3 Å². The summed E-state index contributed by atoms with van der Waals surface area (Å²) in [5.74, 6) is -1.42. The molecular weight excluding hydrogens is 768 g/mol. The molecule has 8 nitrogen and oxygen atoms in total. The summed E-state index contributed by atoms with van der Waals surface area (Å²) in [4.78, 5) is 38.6. The van der Waals surface area contributed by atoms with Gasteiger partial charge in [-0.3, -0.25) is 14.8 Å². The Morgan fingerprint density at radius 3 is 1.82 bits per heavy atom. The Hall–Kier alpha value is -2.53. The van der Waals surface area contributed by atoms with Crippen molar-refractivity contribution in [3.63, 3.8) is 0 Å². The van der Waals surface area contributed by atoms with E-state index in [9.17, 15) is 32.8 Å². The van der Waals surface area contributed by atoms with Crippen LogP contribution in [0, 0.1) is 3.57 Å². The Morgan fingerprint density at radius 1 is 0.872 bits per heavy atom. The number of anilines is 2. The van der Waals surface area contributed by atoms with Crippen molar-refractivity contribution in [1.29, 1.82) is 0 Å². The number of alkyl halides is 4. The summed E-state index contributed by atoms with van der Waals surface area (Å²) in [6, 6.07) is 20.5. The van der Waals surface area contributed by atoms with Crippen LogP contribution in [0.4, 0.5) is 24.5 Å². The topological polar surface area (TPSA) is 96.4 Å². The number of hydrogen-bond acceptors (Lipinski definition) is 6. The molecule has 4 rings (SSSR count). The summed E-state index contributed by atoms with van der Waals surface area (Å²) in [6.07, 6.45) is -4.92. The normalized spacial score (nSPS) is 12.6. The molecule has 1 heterocycles. The van der Waals surface area contributed by atoms with Crippen molar-refractivity contribution in [2.45, 2.75) is 20.2 Å². The SMILES string of the molecule is CC(=O)N(O)c1ccccc1Br.CC(=O)N(OC(F)(F)F)c1ccccc1Br.CI1OC(=O)c2ccccc21. The second-order valence-corrected chi connectivity index (χ2v) is 13.1. The van der Waals surface area contributed by atoms with Gasteiger partial charge in [0.05, 0.1) is 11.4 Å². The number of hydroxylamine groups is 2. The summed E-state index contributed by atoms with van der Waals surface area (Å²) >= 11 is 4.72. The molecule has 210 valence electrons. The number of rotatable bonds is 3. The van der Waals surface area contributed by atoms with E-state index in [0.29, 0.717) is 19.7 Å². The molecule has 0 unspecified atom stereocenters. The van der Waals surface area contributed by atoms with Crippen molar-refractivity contribution in [1.82, 2.24) is 0 Å². The first-order valence-electron chi connectivity index (χ1n) is 10.7. The zero-order chi connectivity index (χ0) is 29.3. The van der Waals surface area contributed by atoms with E-state index in [1.165, 1.54) is 25.1 Å². The van der Waals surface area contributed by atoms with Gasteiger partial charge in [0.15, 0.2) is 0 Å². The molecule has 14 heteroatoms. The van der Waals surface area contributed by atoms with E-state index >= 15 is 0 Å². The van der Waals surface area contributed by atoms with E-state index in [1.807, 2.05) is 35.3 Å². The van der Waals surface area contributed by atoms with E-state index in [4.69, 9.17) is 3.07 Å². The van der Waals surface area contributed by atoms with Crippen LogP contribution in [-0.2, 0) is 17.5 Å². The quantitative estimate of drug-likeness (QED) is 0.128. The summed E-state index contributed by atoms with van der Waals surface area (Å²) in [6.45, 7) is 2.27. The maximum absolute atomic E-state index is 12.1. The van der Waals surface area contributed by atoms with Gasteiger partial charge in [-0.25, -0.2) is 0 Å². The summed E-state index contributed by atoms with van der Waals surface area (Å²) in [5, 5.41) is 10.0. The third-order valence-corrected chi connectivity index (χ3v) is 9.48. The molecule has 0 aromatic heterocycles. The molecular formula is C25H22Br2F3IN2O6. The van der Waals surface area contributed by atoms with Gasteiger partial charge in [-0.2, -0.15) is 15.0 Å². The molecule has 0 saturated carbocycles. The molecule has 0 bridgehead atoms. The van der Waals surface area contributed by atoms with Crippen molar-refractivity contribution in [3.05, 3.63) is 90.9 Å². The second-order valence-electron chi connectivity index (χ2n) is 7.35. The van der Waals surface area contributed by atoms with Crippen LogP contribution in [0.3, 0.4) is 0 Å². The molecule has 1 N–H and O–H groups in total. The van der Waals surface area contributed by atoms with Crippen LogP contribution >= 0.6 is 52.1 Å². The Kier molecular flexibility index (Phi) is 12.4. The average Bonchev–Trinajstić information content (AvgIpc) is 3.16. The van der Waals surface area contributed by atoms with Crippen LogP contribution in [0.25, 0.3) is 0 Å². The molecule has 0 atom stereocenters. The van der Waals surface area contributed by atoms with E-state index in [2.05, 4.69) is 36.7 Å². The van der Waals surface area contributed by atoms with Crippen LogP contribution in [0.1, 0.15) is 24.2 Å². The van der Waals surface area contributed by atoms with Gasteiger partial charge >= 0.3 is 78.8 Å². The number of amides is 2. The van der Waals surface area contributed by atoms with E-state index in [-0.39, 0.29) is 16.7 Å². The maximum atomic E-state index is 12.1. The van der Waals surface area contributed by atoms with Gasteiger partial charge in [-0.15, -0.1) is 13.2 Å². The second kappa shape index (κ2) is 14.7. The van der Waals surface area contributed by atoms with Crippen LogP contribution in [0.5, 0.6) is 0 Å². The molecule has 3 aromatic carbocycles. The monoisotopic (exact) mass is 788 g/mol. The van der Waals surface area contributed by atoms with Crippen molar-refractivity contribution in [3.8, 4) is 0 Å². The molecule has 2 amide bonds.